The second-order valence-corrected chi connectivity index (χ2v) is 4.92. The number of amides is 2. The summed E-state index contributed by atoms with van der Waals surface area (Å²) < 4.78 is 4.93. The van der Waals surface area contributed by atoms with Crippen molar-refractivity contribution in [1.29, 1.82) is 0 Å². The van der Waals surface area contributed by atoms with Crippen LogP contribution in [-0.4, -0.2) is 32.8 Å². The third-order valence-electron chi connectivity index (χ3n) is 3.37. The average Bonchev–Trinajstić information content (AvgIpc) is 2.52. The fraction of sp³-hybridized carbons (Fsp3) is 0.353. The van der Waals surface area contributed by atoms with Gasteiger partial charge in [0.25, 0.3) is 0 Å². The second-order valence-electron chi connectivity index (χ2n) is 4.92. The molecule has 2 aromatic carbocycles. The zero-order valence-corrected chi connectivity index (χ0v) is 12.4. The molecule has 0 radical (unpaired) electrons. The zero-order chi connectivity index (χ0) is 14.9. The van der Waals surface area contributed by atoms with E-state index < -0.39 is 0 Å². The van der Waals surface area contributed by atoms with Crippen molar-refractivity contribution in [3.63, 3.8) is 0 Å². The van der Waals surface area contributed by atoms with Gasteiger partial charge in [-0.3, -0.25) is 0 Å². The third-order valence-corrected chi connectivity index (χ3v) is 3.37. The molecule has 2 rings (SSSR count). The van der Waals surface area contributed by atoms with Crippen molar-refractivity contribution in [2.75, 3.05) is 26.8 Å². The van der Waals surface area contributed by atoms with Gasteiger partial charge in [-0.15, -0.1) is 0 Å². The van der Waals surface area contributed by atoms with E-state index in [-0.39, 0.29) is 6.03 Å². The van der Waals surface area contributed by atoms with Crippen molar-refractivity contribution in [3.05, 3.63) is 48.0 Å². The number of hydrogen-bond acceptors (Lipinski definition) is 2. The second kappa shape index (κ2) is 8.27. The molecule has 112 valence electrons. The van der Waals surface area contributed by atoms with Crippen molar-refractivity contribution in [2.24, 2.45) is 0 Å². The first-order chi connectivity index (χ1) is 10.3. The molecular weight excluding hydrogens is 264 g/mol. The average molecular weight is 286 g/mol. The van der Waals surface area contributed by atoms with Gasteiger partial charge in [0.05, 0.1) is 0 Å². The molecule has 0 saturated heterocycles. The molecule has 0 aliphatic rings. The summed E-state index contributed by atoms with van der Waals surface area (Å²) in [5.41, 5.74) is 1.26. The number of benzene rings is 2. The van der Waals surface area contributed by atoms with Crippen LogP contribution < -0.4 is 10.6 Å². The maximum Gasteiger partial charge on any atom is 0.314 e. The molecule has 0 spiro atoms. The van der Waals surface area contributed by atoms with Crippen molar-refractivity contribution in [3.8, 4) is 0 Å². The van der Waals surface area contributed by atoms with Gasteiger partial charge in [0, 0.05) is 26.8 Å². The lowest BCUT2D eigenvalue weighted by Gasteiger charge is -2.09. The van der Waals surface area contributed by atoms with Gasteiger partial charge in [-0.2, -0.15) is 0 Å². The topological polar surface area (TPSA) is 50.4 Å². The van der Waals surface area contributed by atoms with E-state index in [9.17, 15) is 4.79 Å². The maximum absolute atomic E-state index is 11.6. The van der Waals surface area contributed by atoms with Gasteiger partial charge < -0.3 is 15.4 Å². The molecule has 4 heteroatoms. The molecule has 2 amide bonds. The van der Waals surface area contributed by atoms with Crippen LogP contribution in [0, 0.1) is 0 Å². The van der Waals surface area contributed by atoms with E-state index in [0.29, 0.717) is 19.7 Å². The molecule has 0 heterocycles. The Balaban J connectivity index is 1.78. The molecule has 4 nitrogen and oxygen atoms in total. The summed E-state index contributed by atoms with van der Waals surface area (Å²) in [6.07, 6.45) is 1.65. The minimum Gasteiger partial charge on any atom is -0.385 e. The van der Waals surface area contributed by atoms with Crippen LogP contribution in [0.25, 0.3) is 10.8 Å². The van der Waals surface area contributed by atoms with Crippen molar-refractivity contribution < 1.29 is 9.53 Å². The van der Waals surface area contributed by atoms with E-state index in [2.05, 4.69) is 41.0 Å². The Morgan fingerprint density at radius 3 is 2.67 bits per heavy atom. The fourth-order valence-corrected chi connectivity index (χ4v) is 2.30. The lowest BCUT2D eigenvalue weighted by atomic mass is 10.0. The van der Waals surface area contributed by atoms with Gasteiger partial charge in [0.1, 0.15) is 0 Å². The lowest BCUT2D eigenvalue weighted by molar-refractivity contribution is 0.193. The Bertz CT molecular complexity index is 579. The van der Waals surface area contributed by atoms with E-state index in [4.69, 9.17) is 4.74 Å². The minimum atomic E-state index is -0.119. The number of rotatable bonds is 7. The van der Waals surface area contributed by atoms with Crippen molar-refractivity contribution in [2.45, 2.75) is 12.8 Å². The highest BCUT2D eigenvalue weighted by atomic mass is 16.5. The Morgan fingerprint density at radius 1 is 1.05 bits per heavy atom. The summed E-state index contributed by atoms with van der Waals surface area (Å²) >= 11 is 0. The van der Waals surface area contributed by atoms with E-state index >= 15 is 0 Å². The van der Waals surface area contributed by atoms with Gasteiger partial charge in [-0.25, -0.2) is 4.79 Å². The zero-order valence-electron chi connectivity index (χ0n) is 12.4. The Morgan fingerprint density at radius 2 is 1.81 bits per heavy atom. The summed E-state index contributed by atoms with van der Waals surface area (Å²) in [5.74, 6) is 0. The van der Waals surface area contributed by atoms with Crippen LogP contribution >= 0.6 is 0 Å². The first-order valence-corrected chi connectivity index (χ1v) is 7.28. The van der Waals surface area contributed by atoms with Crippen LogP contribution in [0.5, 0.6) is 0 Å². The summed E-state index contributed by atoms with van der Waals surface area (Å²) in [5, 5.41) is 8.18. The van der Waals surface area contributed by atoms with Gasteiger partial charge >= 0.3 is 6.03 Å². The third kappa shape index (κ3) is 4.76. The van der Waals surface area contributed by atoms with Gasteiger partial charge in [-0.1, -0.05) is 42.5 Å². The highest BCUT2D eigenvalue weighted by Crippen LogP contribution is 2.18. The highest BCUT2D eigenvalue weighted by Gasteiger charge is 2.02. The van der Waals surface area contributed by atoms with E-state index in [1.165, 1.54) is 16.3 Å². The summed E-state index contributed by atoms with van der Waals surface area (Å²) in [6.45, 7) is 1.92. The largest absolute Gasteiger partial charge is 0.385 e. The molecule has 0 bridgehead atoms. The molecule has 2 N–H and O–H groups in total. The molecule has 0 aliphatic carbocycles. The molecule has 0 fully saturated rings. The number of urea groups is 1. The molecule has 2 aromatic rings. The molecule has 0 aromatic heterocycles. The van der Waals surface area contributed by atoms with Crippen molar-refractivity contribution in [1.82, 2.24) is 10.6 Å². The molecule has 0 unspecified atom stereocenters. The number of carbonyl (C=O) groups is 1. The number of hydrogen-bond donors (Lipinski definition) is 2. The number of carbonyl (C=O) groups excluding carboxylic acids is 1. The SMILES string of the molecule is COCCCNC(=O)NCCc1cccc2ccccc12. The Labute approximate surface area is 125 Å². The predicted octanol–water partition coefficient (Wildman–Crippen LogP) is 2.72. The van der Waals surface area contributed by atoms with Crippen LogP contribution in [0.1, 0.15) is 12.0 Å². The maximum atomic E-state index is 11.6. The van der Waals surface area contributed by atoms with Gasteiger partial charge in [0.15, 0.2) is 0 Å². The van der Waals surface area contributed by atoms with Crippen LogP contribution in [0.2, 0.25) is 0 Å². The standard InChI is InChI=1S/C17H22N2O2/c1-21-13-5-11-18-17(20)19-12-10-15-8-4-7-14-6-2-3-9-16(14)15/h2-4,6-9H,5,10-13H2,1H3,(H2,18,19,20). The smallest absolute Gasteiger partial charge is 0.314 e. The molecule has 0 atom stereocenters. The van der Waals surface area contributed by atoms with Crippen LogP contribution in [0.3, 0.4) is 0 Å². The van der Waals surface area contributed by atoms with Crippen LogP contribution in [0.15, 0.2) is 42.5 Å². The van der Waals surface area contributed by atoms with E-state index in [0.717, 1.165) is 12.8 Å². The van der Waals surface area contributed by atoms with Crippen molar-refractivity contribution >= 4 is 16.8 Å². The first kappa shape index (κ1) is 15.3. The number of nitrogens with one attached hydrogen (secondary N) is 2. The summed E-state index contributed by atoms with van der Waals surface area (Å²) in [6, 6.07) is 14.5. The number of fused-ring (bicyclic) bond motifs is 1. The minimum absolute atomic E-state index is 0.119. The highest BCUT2D eigenvalue weighted by molar-refractivity contribution is 5.85. The van der Waals surface area contributed by atoms with Gasteiger partial charge in [0.2, 0.25) is 0 Å². The molecule has 0 saturated carbocycles. The summed E-state index contributed by atoms with van der Waals surface area (Å²) in [7, 11) is 1.66. The first-order valence-electron chi connectivity index (χ1n) is 7.28. The van der Waals surface area contributed by atoms with Gasteiger partial charge in [-0.05, 0) is 29.2 Å². The molecular formula is C17H22N2O2. The quantitative estimate of drug-likeness (QED) is 0.769. The molecule has 21 heavy (non-hydrogen) atoms. The molecule has 0 aliphatic heterocycles. The monoisotopic (exact) mass is 286 g/mol. The normalized spacial score (nSPS) is 10.5. The Hall–Kier alpha value is -2.07. The number of methoxy groups -OCH3 is 1. The van der Waals surface area contributed by atoms with E-state index in [1.54, 1.807) is 7.11 Å². The van der Waals surface area contributed by atoms with E-state index in [1.807, 2.05) is 12.1 Å². The predicted molar refractivity (Wildman–Crippen MR) is 85.5 cm³/mol. The fourth-order valence-electron chi connectivity index (χ4n) is 2.30. The van der Waals surface area contributed by atoms with Crippen LogP contribution in [0.4, 0.5) is 4.79 Å². The summed E-state index contributed by atoms with van der Waals surface area (Å²) in [4.78, 5) is 11.6. The number of ether oxygens (including phenoxy) is 1. The van der Waals surface area contributed by atoms with Crippen LogP contribution in [-0.2, 0) is 11.2 Å². The lowest BCUT2D eigenvalue weighted by Crippen LogP contribution is -2.37. The Kier molecular flexibility index (Phi) is 6.03.